The molecule has 1 aliphatic heterocycles. The van der Waals surface area contributed by atoms with Gasteiger partial charge in [-0.15, -0.1) is 0 Å². The van der Waals surface area contributed by atoms with Crippen molar-refractivity contribution in [3.63, 3.8) is 0 Å². The Morgan fingerprint density at radius 3 is 2.49 bits per heavy atom. The summed E-state index contributed by atoms with van der Waals surface area (Å²) in [6.45, 7) is 5.60. The lowest BCUT2D eigenvalue weighted by atomic mass is 9.94. The molecule has 37 heavy (non-hydrogen) atoms. The maximum atomic E-state index is 12.7. The molecule has 2 amide bonds. The number of aryl methyl sites for hydroxylation is 1. The number of amides is 2. The number of alkyl carbamates (subject to hydrolysis) is 1. The van der Waals surface area contributed by atoms with Gasteiger partial charge in [0.05, 0.1) is 23.1 Å². The number of nitrogens with one attached hydrogen (secondary N) is 1. The Morgan fingerprint density at radius 1 is 1.14 bits per heavy atom. The standard InChI is InChI=1S/C18H18Cl2O2.C11H11NO3/c1-3-5-12-10-13(6-4-7-17(12)22-2)18(21)14-8-9-15(19)16(20)11-14;1-7-4-3-5-8(6-7)11(2)9(13)12-10(14)15-11/h4,6-11,13H,3,5H2,1-2H3;3-6H,1-2H3,(H,12,13,14)/t;11-/m.1/s1. The number of methoxy groups -OCH3 is 1. The van der Waals surface area contributed by atoms with Gasteiger partial charge < -0.3 is 9.47 Å². The fourth-order valence-corrected chi connectivity index (χ4v) is 4.30. The minimum absolute atomic E-state index is 0.00540. The number of rotatable bonds is 6. The van der Waals surface area contributed by atoms with Crippen molar-refractivity contribution in [3.05, 3.63) is 105 Å². The summed E-state index contributed by atoms with van der Waals surface area (Å²) in [7, 11) is 1.64. The molecule has 0 bridgehead atoms. The Morgan fingerprint density at radius 2 is 1.89 bits per heavy atom. The molecule has 0 aromatic heterocycles. The lowest BCUT2D eigenvalue weighted by Crippen LogP contribution is -2.33. The van der Waals surface area contributed by atoms with Crippen LogP contribution in [0.2, 0.25) is 10.0 Å². The van der Waals surface area contributed by atoms with Crippen LogP contribution in [0.4, 0.5) is 4.79 Å². The number of ether oxygens (including phenoxy) is 2. The minimum atomic E-state index is -1.19. The van der Waals surface area contributed by atoms with Crippen molar-refractivity contribution in [1.82, 2.24) is 5.32 Å². The number of carbonyl (C=O) groups is 3. The molecule has 194 valence electrons. The lowest BCUT2D eigenvalue weighted by molar-refractivity contribution is -0.130. The number of halogens is 2. The van der Waals surface area contributed by atoms with Crippen LogP contribution < -0.4 is 5.32 Å². The van der Waals surface area contributed by atoms with E-state index >= 15 is 0 Å². The van der Waals surface area contributed by atoms with E-state index in [1.165, 1.54) is 0 Å². The predicted molar refractivity (Wildman–Crippen MR) is 145 cm³/mol. The molecule has 0 spiro atoms. The molecule has 1 N–H and O–H groups in total. The van der Waals surface area contributed by atoms with Gasteiger partial charge in [0.1, 0.15) is 5.76 Å². The van der Waals surface area contributed by atoms with Crippen LogP contribution >= 0.6 is 23.2 Å². The number of carbonyl (C=O) groups excluding carboxylic acids is 3. The molecular weight excluding hydrogens is 513 g/mol. The van der Waals surface area contributed by atoms with Gasteiger partial charge in [0.2, 0.25) is 5.60 Å². The van der Waals surface area contributed by atoms with E-state index in [-0.39, 0.29) is 11.7 Å². The maximum Gasteiger partial charge on any atom is 0.415 e. The molecule has 0 radical (unpaired) electrons. The number of imide groups is 1. The number of allylic oxidation sites excluding steroid dienone is 5. The van der Waals surface area contributed by atoms with Crippen LogP contribution in [-0.2, 0) is 19.9 Å². The van der Waals surface area contributed by atoms with Crippen LogP contribution in [-0.4, -0.2) is 24.9 Å². The van der Waals surface area contributed by atoms with Gasteiger partial charge in [0.25, 0.3) is 5.91 Å². The molecule has 1 fully saturated rings. The van der Waals surface area contributed by atoms with Crippen molar-refractivity contribution in [2.45, 2.75) is 39.2 Å². The zero-order valence-corrected chi connectivity index (χ0v) is 22.7. The topological polar surface area (TPSA) is 81.7 Å². The van der Waals surface area contributed by atoms with E-state index in [9.17, 15) is 14.4 Å². The fraction of sp³-hybridized carbons (Fsp3) is 0.276. The molecule has 8 heteroatoms. The average molecular weight is 542 g/mol. The van der Waals surface area contributed by atoms with E-state index in [0.717, 1.165) is 29.7 Å². The average Bonchev–Trinajstić information content (AvgIpc) is 3.01. The highest BCUT2D eigenvalue weighted by atomic mass is 35.5. The van der Waals surface area contributed by atoms with E-state index < -0.39 is 17.6 Å². The largest absolute Gasteiger partial charge is 0.496 e. The maximum absolute atomic E-state index is 12.7. The number of cyclic esters (lactones) is 1. The van der Waals surface area contributed by atoms with Crippen LogP contribution in [0.25, 0.3) is 0 Å². The molecule has 2 aliphatic rings. The van der Waals surface area contributed by atoms with Crippen molar-refractivity contribution < 1.29 is 23.9 Å². The molecule has 2 aromatic carbocycles. The van der Waals surface area contributed by atoms with Gasteiger partial charge in [-0.3, -0.25) is 14.9 Å². The molecule has 0 saturated carbocycles. The lowest BCUT2D eigenvalue weighted by Gasteiger charge is -2.19. The normalized spacial score (nSPS) is 20.5. The second kappa shape index (κ2) is 12.3. The molecule has 1 unspecified atom stereocenters. The number of ketones is 1. The number of hydrogen-bond acceptors (Lipinski definition) is 5. The molecule has 6 nitrogen and oxygen atoms in total. The minimum Gasteiger partial charge on any atom is -0.496 e. The van der Waals surface area contributed by atoms with Crippen molar-refractivity contribution in [3.8, 4) is 0 Å². The van der Waals surface area contributed by atoms with Crippen LogP contribution in [0.1, 0.15) is 48.2 Å². The fourth-order valence-electron chi connectivity index (χ4n) is 4.01. The number of Topliss-reactive ketones (excluding diaryl/α,β-unsaturated/α-hetero) is 1. The van der Waals surface area contributed by atoms with Crippen LogP contribution in [0.15, 0.2) is 78.1 Å². The summed E-state index contributed by atoms with van der Waals surface area (Å²) in [6.07, 6.45) is 8.75. The molecule has 4 rings (SSSR count). The number of benzene rings is 2. The summed E-state index contributed by atoms with van der Waals surface area (Å²) < 4.78 is 10.4. The van der Waals surface area contributed by atoms with Gasteiger partial charge in [-0.05, 0) is 50.1 Å². The number of hydrogen-bond donors (Lipinski definition) is 1. The third kappa shape index (κ3) is 6.70. The second-order valence-corrected chi connectivity index (χ2v) is 9.64. The monoisotopic (exact) mass is 541 g/mol. The summed E-state index contributed by atoms with van der Waals surface area (Å²) in [5.41, 5.74) is 2.11. The van der Waals surface area contributed by atoms with E-state index in [4.69, 9.17) is 32.7 Å². The first-order chi connectivity index (χ1) is 17.6. The van der Waals surface area contributed by atoms with Gasteiger partial charge in [0, 0.05) is 11.1 Å². The highest BCUT2D eigenvalue weighted by Crippen LogP contribution is 2.30. The Balaban J connectivity index is 0.000000220. The molecular formula is C29H29Cl2NO5. The summed E-state index contributed by atoms with van der Waals surface area (Å²) in [5, 5.41) is 2.96. The smallest absolute Gasteiger partial charge is 0.415 e. The summed E-state index contributed by atoms with van der Waals surface area (Å²) in [5.74, 6) is 0.0532. The summed E-state index contributed by atoms with van der Waals surface area (Å²) in [6, 6.07) is 12.3. The first-order valence-electron chi connectivity index (χ1n) is 11.8. The summed E-state index contributed by atoms with van der Waals surface area (Å²) >= 11 is 11.9. The van der Waals surface area contributed by atoms with Crippen molar-refractivity contribution >= 4 is 41.0 Å². The van der Waals surface area contributed by atoms with Gasteiger partial charge in [-0.1, -0.05) is 84.6 Å². The van der Waals surface area contributed by atoms with Gasteiger partial charge in [-0.2, -0.15) is 0 Å². The highest BCUT2D eigenvalue weighted by Gasteiger charge is 2.46. The Labute approximate surface area is 226 Å². The van der Waals surface area contributed by atoms with E-state index in [1.807, 2.05) is 49.4 Å². The predicted octanol–water partition coefficient (Wildman–Crippen LogP) is 7.10. The van der Waals surface area contributed by atoms with Crippen molar-refractivity contribution in [2.75, 3.05) is 7.11 Å². The van der Waals surface area contributed by atoms with Gasteiger partial charge >= 0.3 is 6.09 Å². The van der Waals surface area contributed by atoms with E-state index in [1.54, 1.807) is 38.3 Å². The third-order valence-corrected chi connectivity index (χ3v) is 6.76. The Hall–Kier alpha value is -3.35. The van der Waals surface area contributed by atoms with Crippen LogP contribution in [0.5, 0.6) is 0 Å². The molecule has 2 atom stereocenters. The molecule has 1 heterocycles. The van der Waals surface area contributed by atoms with E-state index in [2.05, 4.69) is 12.2 Å². The third-order valence-electron chi connectivity index (χ3n) is 6.02. The van der Waals surface area contributed by atoms with Crippen molar-refractivity contribution in [1.29, 1.82) is 0 Å². The first kappa shape index (κ1) is 28.2. The second-order valence-electron chi connectivity index (χ2n) is 8.83. The van der Waals surface area contributed by atoms with E-state index in [0.29, 0.717) is 21.2 Å². The van der Waals surface area contributed by atoms with Crippen LogP contribution in [0.3, 0.4) is 0 Å². The first-order valence-corrected chi connectivity index (χ1v) is 12.6. The quantitative estimate of drug-likeness (QED) is 0.394. The zero-order valence-electron chi connectivity index (χ0n) is 21.1. The summed E-state index contributed by atoms with van der Waals surface area (Å²) in [4.78, 5) is 35.2. The molecule has 1 saturated heterocycles. The molecule has 1 aliphatic carbocycles. The van der Waals surface area contributed by atoms with Crippen molar-refractivity contribution in [2.24, 2.45) is 5.92 Å². The highest BCUT2D eigenvalue weighted by molar-refractivity contribution is 6.42. The molecule has 2 aromatic rings. The SMILES string of the molecule is CCCC1=CC(C(=O)c2ccc(Cl)c(Cl)c2)C=CC=C1OC.Cc1cccc([C@@]2(C)OC(=O)NC2=O)c1. The Kier molecular flexibility index (Phi) is 9.35. The van der Waals surface area contributed by atoms with Gasteiger partial charge in [0.15, 0.2) is 5.78 Å². The van der Waals surface area contributed by atoms with Crippen LogP contribution in [0, 0.1) is 12.8 Å². The Bertz CT molecular complexity index is 1300. The zero-order chi connectivity index (χ0) is 27.2. The van der Waals surface area contributed by atoms with Gasteiger partial charge in [-0.25, -0.2) is 4.79 Å².